The van der Waals surface area contributed by atoms with Gasteiger partial charge in [-0.05, 0) is 18.8 Å². The van der Waals surface area contributed by atoms with Crippen molar-refractivity contribution in [3.8, 4) is 5.75 Å². The number of benzene rings is 1. The molecule has 2 amide bonds. The van der Waals surface area contributed by atoms with Gasteiger partial charge in [-0.2, -0.15) is 0 Å². The number of nitrogens with one attached hydrogen (secondary N) is 3. The van der Waals surface area contributed by atoms with Gasteiger partial charge < -0.3 is 0 Å². The van der Waals surface area contributed by atoms with Crippen LogP contribution in [0.2, 0.25) is 0 Å². The molecule has 1 saturated carbocycles. The first-order valence-corrected chi connectivity index (χ1v) is 21.5. The Bertz CT molecular complexity index is 1640. The summed E-state index contributed by atoms with van der Waals surface area (Å²) in [5.74, 6) is 0.836. The molecule has 1 atom stereocenters. The molecule has 0 bridgehead atoms. The number of nitrogens with zero attached hydrogens (tertiary/aromatic N) is 2. The number of aromatic amines is 1. The Morgan fingerprint density at radius 2 is 1.74 bits per heavy atom. The van der Waals surface area contributed by atoms with Gasteiger partial charge in [-0.3, -0.25) is 4.79 Å². The van der Waals surface area contributed by atoms with Crippen molar-refractivity contribution in [3.05, 3.63) is 57.4 Å². The Labute approximate surface area is 280 Å². The summed E-state index contributed by atoms with van der Waals surface area (Å²) in [7, 11) is 0. The maximum absolute atomic E-state index is 15.2. The van der Waals surface area contributed by atoms with Crippen LogP contribution in [0.3, 0.4) is 0 Å². The molecule has 3 saturated heterocycles. The second-order valence-electron chi connectivity index (χ2n) is 13.7. The van der Waals surface area contributed by atoms with Gasteiger partial charge in [-0.25, -0.2) is 0 Å². The number of halogens is 3. The summed E-state index contributed by atoms with van der Waals surface area (Å²) >= 11 is -1.09. The molecule has 4 heterocycles. The van der Waals surface area contributed by atoms with E-state index in [0.29, 0.717) is 67.6 Å². The van der Waals surface area contributed by atoms with E-state index in [-0.39, 0.29) is 23.0 Å². The monoisotopic (exact) mass is 763 g/mol. The number of likely N-dealkylation sites (tertiary alicyclic amines) is 1. The Balaban J connectivity index is 0.869. The number of allylic oxidation sites excluding steroid dienone is 4. The van der Waals surface area contributed by atoms with E-state index >= 15 is 4.39 Å². The normalized spacial score (nSPS) is 24.0. The van der Waals surface area contributed by atoms with Crippen molar-refractivity contribution in [1.29, 1.82) is 0 Å². The van der Waals surface area contributed by atoms with Crippen LogP contribution in [0.5, 0.6) is 5.75 Å². The van der Waals surface area contributed by atoms with Crippen LogP contribution >= 0.6 is 19.8 Å². The fourth-order valence-electron chi connectivity index (χ4n) is 7.30. The van der Waals surface area contributed by atoms with E-state index < -0.39 is 37.2 Å². The summed E-state index contributed by atoms with van der Waals surface area (Å²) < 4.78 is 39.2. The number of amides is 2. The van der Waals surface area contributed by atoms with E-state index in [1.807, 2.05) is 0 Å². The number of alkyl halides is 3. The van der Waals surface area contributed by atoms with Crippen molar-refractivity contribution in [1.82, 2.24) is 25.5 Å². The average molecular weight is 764 g/mol. The molecule has 0 radical (unpaired) electrons. The first kappa shape index (κ1) is 32.5. The van der Waals surface area contributed by atoms with Crippen LogP contribution in [0.4, 0.5) is 8.78 Å². The van der Waals surface area contributed by atoms with Crippen LogP contribution < -0.4 is 20.9 Å². The van der Waals surface area contributed by atoms with Gasteiger partial charge in [-0.15, -0.1) is 0 Å². The number of fused-ring (bicyclic) bond motifs is 1. The third-order valence-corrected chi connectivity index (χ3v) is 18.1. The second-order valence-corrected chi connectivity index (χ2v) is 20.5. The van der Waals surface area contributed by atoms with Gasteiger partial charge in [0.2, 0.25) is 5.91 Å². The van der Waals surface area contributed by atoms with E-state index in [1.54, 1.807) is 6.07 Å². The molecule has 7 rings (SSSR count). The third kappa shape index (κ3) is 7.83. The van der Waals surface area contributed by atoms with Crippen LogP contribution in [-0.2, 0) is 16.0 Å². The standard InChI is InChI=1S/C35H44F2IN5O4/c36-26-17-24(39-28-5-8-32(44)42-34(28)45)4-6-30(26)43-15-11-23(12-16-43)38-13-9-21(10-14-38)3-7-31-40-29-19-25(47-20-22-1-2-22)18-27(37)33(29)35(46)41-31/h17-19,21-23,28,39H,1-16,20H2,(H,40,41,46)(H,42,44,45). The minimum absolute atomic E-state index is 0.00337. The number of ether oxygens (including phenoxy) is 1. The fourth-order valence-corrected chi connectivity index (χ4v) is 15.3. The van der Waals surface area contributed by atoms with Crippen molar-refractivity contribution in [2.45, 2.75) is 87.0 Å². The van der Waals surface area contributed by atoms with Crippen molar-refractivity contribution in [2.24, 2.45) is 11.8 Å². The molecule has 0 spiro atoms. The van der Waals surface area contributed by atoms with Crippen LogP contribution in [0.25, 0.3) is 10.9 Å². The summed E-state index contributed by atoms with van der Waals surface area (Å²) in [4.78, 5) is 45.9. The summed E-state index contributed by atoms with van der Waals surface area (Å²) in [5.41, 5.74) is 1.45. The number of aromatic nitrogens is 2. The zero-order valence-electron chi connectivity index (χ0n) is 26.7. The number of carbonyl (C=O) groups is 2. The fraction of sp³-hybridized carbons (Fsp3) is 0.600. The van der Waals surface area contributed by atoms with Crippen molar-refractivity contribution >= 4 is 42.5 Å². The quantitative estimate of drug-likeness (QED) is 0.168. The van der Waals surface area contributed by atoms with Crippen molar-refractivity contribution in [2.75, 3.05) is 28.6 Å². The molecule has 9 nitrogen and oxygen atoms in total. The molecule has 47 heavy (non-hydrogen) atoms. The first-order valence-electron chi connectivity index (χ1n) is 17.2. The van der Waals surface area contributed by atoms with Crippen molar-refractivity contribution in [3.63, 3.8) is 0 Å². The Morgan fingerprint density at radius 1 is 0.957 bits per heavy atom. The summed E-state index contributed by atoms with van der Waals surface area (Å²) in [6.45, 7) is 2.39. The second kappa shape index (κ2) is 14.2. The summed E-state index contributed by atoms with van der Waals surface area (Å²) in [6.07, 6.45) is 12.2. The van der Waals surface area contributed by atoms with E-state index in [9.17, 15) is 18.8 Å². The van der Waals surface area contributed by atoms with Crippen LogP contribution in [0.15, 0.2) is 40.2 Å². The Morgan fingerprint density at radius 3 is 2.47 bits per heavy atom. The molecule has 3 aliphatic heterocycles. The predicted molar refractivity (Wildman–Crippen MR) is 185 cm³/mol. The molecule has 1 unspecified atom stereocenters. The Hall–Kier alpha value is -3.03. The molecule has 1 aromatic carbocycles. The zero-order valence-corrected chi connectivity index (χ0v) is 28.9. The number of piperidine rings is 2. The number of imide groups is 1. The van der Waals surface area contributed by atoms with Gasteiger partial charge >= 0.3 is 252 Å². The molecule has 254 valence electrons. The molecule has 2 aliphatic carbocycles. The third-order valence-electron chi connectivity index (χ3n) is 10.3. The SMILES string of the molecule is O=C1CCC(NC2=CC(F)=C(N3CCC(I4CCC(CCc5nc6cc(OCC7CC7)cc(F)c6c(=O)[nH]5)CC4)CC3)CC2)C(=O)N1. The molecule has 3 N–H and O–H groups in total. The van der Waals surface area contributed by atoms with E-state index in [1.165, 1.54) is 33.8 Å². The topological polar surface area (TPSA) is 116 Å². The number of H-pyrrole nitrogens is 1. The molecule has 1 aromatic heterocycles. The Kier molecular flexibility index (Phi) is 9.83. The number of rotatable bonds is 10. The van der Waals surface area contributed by atoms with E-state index in [4.69, 9.17) is 4.74 Å². The summed E-state index contributed by atoms with van der Waals surface area (Å²) in [6, 6.07) is 2.49. The van der Waals surface area contributed by atoms with Gasteiger partial charge in [0, 0.05) is 0 Å². The number of hydrogen-bond acceptors (Lipinski definition) is 7. The van der Waals surface area contributed by atoms with Gasteiger partial charge in [0.15, 0.2) is 0 Å². The van der Waals surface area contributed by atoms with Crippen LogP contribution in [0.1, 0.15) is 76.5 Å². The zero-order chi connectivity index (χ0) is 32.5. The van der Waals surface area contributed by atoms with E-state index in [2.05, 4.69) is 25.5 Å². The first-order chi connectivity index (χ1) is 22.8. The minimum atomic E-state index is -1.09. The number of hydrogen-bond donors (Lipinski definition) is 3. The summed E-state index contributed by atoms with van der Waals surface area (Å²) in [5, 5.41) is 5.49. The van der Waals surface area contributed by atoms with Crippen LogP contribution in [0, 0.1) is 17.7 Å². The van der Waals surface area contributed by atoms with Gasteiger partial charge in [0.1, 0.15) is 0 Å². The average Bonchev–Trinajstić information content (AvgIpc) is 3.89. The van der Waals surface area contributed by atoms with Gasteiger partial charge in [0.25, 0.3) is 0 Å². The van der Waals surface area contributed by atoms with Gasteiger partial charge in [-0.1, -0.05) is 0 Å². The van der Waals surface area contributed by atoms with Crippen molar-refractivity contribution < 1.29 is 23.1 Å². The molecular weight excluding hydrogens is 719 g/mol. The molecule has 12 heteroatoms. The van der Waals surface area contributed by atoms with E-state index in [0.717, 1.165) is 60.5 Å². The van der Waals surface area contributed by atoms with Gasteiger partial charge in [0.05, 0.1) is 0 Å². The van der Waals surface area contributed by atoms with Crippen LogP contribution in [-0.4, -0.2) is 65.2 Å². The number of carbonyl (C=O) groups excluding carboxylic acids is 2. The molecule has 5 aliphatic rings. The molecule has 2 aromatic rings. The molecular formula is C35H44F2IN5O4. The number of aryl methyl sites for hydroxylation is 1. The maximum atomic E-state index is 15.2. The molecule has 4 fully saturated rings. The predicted octanol–water partition coefficient (Wildman–Crippen LogP) is 5.42.